The van der Waals surface area contributed by atoms with Crippen molar-refractivity contribution in [2.45, 2.75) is 30.2 Å². The summed E-state index contributed by atoms with van der Waals surface area (Å²) in [6.45, 7) is 3.76. The lowest BCUT2D eigenvalue weighted by molar-refractivity contribution is -0.384. The van der Waals surface area contributed by atoms with Crippen molar-refractivity contribution in [1.29, 1.82) is 0 Å². The summed E-state index contributed by atoms with van der Waals surface area (Å²) in [5, 5.41) is 11.1. The molecular formula is C28H30N2O9S. The number of hydrogen-bond donors (Lipinski definition) is 0. The monoisotopic (exact) mass is 570 g/mol. The third-order valence-corrected chi connectivity index (χ3v) is 7.88. The Morgan fingerprint density at radius 2 is 1.62 bits per heavy atom. The summed E-state index contributed by atoms with van der Waals surface area (Å²) in [6, 6.07) is 16.9. The summed E-state index contributed by atoms with van der Waals surface area (Å²) in [6.07, 6.45) is -0.182. The lowest BCUT2D eigenvalue weighted by atomic mass is 10.0. The van der Waals surface area contributed by atoms with Crippen LogP contribution in [-0.2, 0) is 37.3 Å². The number of nitro groups is 1. The molecule has 1 unspecified atom stereocenters. The lowest BCUT2D eigenvalue weighted by Crippen LogP contribution is -2.52. The standard InChI is InChI=1S/C28H30N2O9S/c1-5-27(39-19-20-9-7-6-8-10-20)29(40(34,35)23-14-12-22(13-15-23)30(32)33)24(28(31)38-4)17-21-11-16-25(36-2)26(18-21)37-3/h5-16,18,24,27H,1,17,19H2,2-4H3/t24-,27?/m0/s1. The number of esters is 1. The van der Waals surface area contributed by atoms with Crippen LogP contribution >= 0.6 is 0 Å². The molecular weight excluding hydrogens is 540 g/mol. The number of non-ortho nitro benzene ring substituents is 1. The molecule has 11 nitrogen and oxygen atoms in total. The first kappa shape index (κ1) is 30.3. The molecule has 3 aromatic rings. The van der Waals surface area contributed by atoms with Gasteiger partial charge in [-0.15, -0.1) is 0 Å². The summed E-state index contributed by atoms with van der Waals surface area (Å²) < 4.78 is 50.7. The van der Waals surface area contributed by atoms with E-state index in [0.717, 1.165) is 41.2 Å². The molecule has 0 radical (unpaired) electrons. The van der Waals surface area contributed by atoms with Crippen molar-refractivity contribution in [3.05, 3.63) is 107 Å². The van der Waals surface area contributed by atoms with E-state index in [4.69, 9.17) is 18.9 Å². The maximum atomic E-state index is 14.1. The molecule has 2 atom stereocenters. The van der Waals surface area contributed by atoms with Gasteiger partial charge in [0.1, 0.15) is 12.3 Å². The number of nitrogens with zero attached hydrogens (tertiary/aromatic N) is 2. The van der Waals surface area contributed by atoms with E-state index in [-0.39, 0.29) is 23.6 Å². The van der Waals surface area contributed by atoms with Crippen molar-refractivity contribution in [3.8, 4) is 11.5 Å². The summed E-state index contributed by atoms with van der Waals surface area (Å²) in [5.74, 6) is -0.0178. The lowest BCUT2D eigenvalue weighted by Gasteiger charge is -2.34. The Hall–Kier alpha value is -4.26. The predicted molar refractivity (Wildman–Crippen MR) is 146 cm³/mol. The topological polar surface area (TPSA) is 135 Å². The normalized spacial score (nSPS) is 12.8. The van der Waals surface area contributed by atoms with Gasteiger partial charge in [0.2, 0.25) is 10.0 Å². The van der Waals surface area contributed by atoms with E-state index in [9.17, 15) is 23.3 Å². The number of nitro benzene ring substituents is 1. The Bertz CT molecular complexity index is 1430. The average molecular weight is 571 g/mol. The smallest absolute Gasteiger partial charge is 0.324 e. The fraction of sp³-hybridized carbons (Fsp3) is 0.250. The molecule has 0 spiro atoms. The van der Waals surface area contributed by atoms with Crippen LogP contribution in [0.5, 0.6) is 11.5 Å². The molecule has 0 aromatic heterocycles. The first-order valence-electron chi connectivity index (χ1n) is 12.0. The van der Waals surface area contributed by atoms with Crippen LogP contribution in [0.25, 0.3) is 0 Å². The van der Waals surface area contributed by atoms with Crippen LogP contribution in [0.15, 0.2) is 90.3 Å². The second-order valence-corrected chi connectivity index (χ2v) is 10.3. The first-order valence-corrected chi connectivity index (χ1v) is 13.4. The van der Waals surface area contributed by atoms with Gasteiger partial charge in [0.05, 0.1) is 37.8 Å². The van der Waals surface area contributed by atoms with Crippen molar-refractivity contribution < 1.29 is 37.1 Å². The zero-order valence-corrected chi connectivity index (χ0v) is 23.1. The van der Waals surface area contributed by atoms with E-state index in [1.54, 1.807) is 42.5 Å². The van der Waals surface area contributed by atoms with Crippen LogP contribution in [0.2, 0.25) is 0 Å². The fourth-order valence-electron chi connectivity index (χ4n) is 3.99. The SMILES string of the molecule is C=CC(OCc1ccccc1)N([C@@H](Cc1ccc(OC)c(OC)c1)C(=O)OC)S(=O)(=O)c1ccc([N+](=O)[O-])cc1. The van der Waals surface area contributed by atoms with Gasteiger partial charge in [-0.25, -0.2) is 8.42 Å². The molecule has 0 fully saturated rings. The second kappa shape index (κ2) is 13.7. The van der Waals surface area contributed by atoms with E-state index in [2.05, 4.69) is 6.58 Å². The molecule has 0 amide bonds. The van der Waals surface area contributed by atoms with Gasteiger partial charge in [-0.3, -0.25) is 14.9 Å². The number of carbonyl (C=O) groups is 1. The molecule has 212 valence electrons. The third kappa shape index (κ3) is 7.03. The van der Waals surface area contributed by atoms with Gasteiger partial charge in [0.15, 0.2) is 11.5 Å². The van der Waals surface area contributed by atoms with Crippen molar-refractivity contribution in [3.63, 3.8) is 0 Å². The maximum absolute atomic E-state index is 14.1. The summed E-state index contributed by atoms with van der Waals surface area (Å²) in [7, 11) is -0.425. The molecule has 0 bridgehead atoms. The molecule has 3 aromatic carbocycles. The highest BCUT2D eigenvalue weighted by Crippen LogP contribution is 2.31. The largest absolute Gasteiger partial charge is 0.493 e. The minimum Gasteiger partial charge on any atom is -0.493 e. The summed E-state index contributed by atoms with van der Waals surface area (Å²) in [5.41, 5.74) is 1.01. The van der Waals surface area contributed by atoms with Gasteiger partial charge >= 0.3 is 5.97 Å². The van der Waals surface area contributed by atoms with E-state index < -0.39 is 33.2 Å². The molecule has 3 rings (SSSR count). The van der Waals surface area contributed by atoms with E-state index in [0.29, 0.717) is 17.1 Å². The molecule has 12 heteroatoms. The second-order valence-electron chi connectivity index (χ2n) is 8.44. The number of ether oxygens (including phenoxy) is 4. The van der Waals surface area contributed by atoms with Gasteiger partial charge in [-0.05, 0) is 47.9 Å². The van der Waals surface area contributed by atoms with Crippen molar-refractivity contribution >= 4 is 21.7 Å². The minimum absolute atomic E-state index is 0.00800. The maximum Gasteiger partial charge on any atom is 0.324 e. The number of rotatable bonds is 14. The molecule has 0 aliphatic heterocycles. The average Bonchev–Trinajstić information content (AvgIpc) is 2.98. The number of carbonyl (C=O) groups excluding carboxylic acids is 1. The Balaban J connectivity index is 2.12. The summed E-state index contributed by atoms with van der Waals surface area (Å²) >= 11 is 0. The molecule has 0 saturated heterocycles. The quantitative estimate of drug-likeness (QED) is 0.0922. The van der Waals surface area contributed by atoms with Crippen molar-refractivity contribution in [1.82, 2.24) is 4.31 Å². The fourth-order valence-corrected chi connectivity index (χ4v) is 5.63. The third-order valence-electron chi connectivity index (χ3n) is 6.00. The van der Waals surface area contributed by atoms with Crippen LogP contribution in [0, 0.1) is 10.1 Å². The van der Waals surface area contributed by atoms with Crippen molar-refractivity contribution in [2.75, 3.05) is 21.3 Å². The van der Waals surface area contributed by atoms with Gasteiger partial charge in [-0.2, -0.15) is 4.31 Å². The molecule has 0 saturated carbocycles. The van der Waals surface area contributed by atoms with Gasteiger partial charge in [-0.1, -0.05) is 43.0 Å². The molecule has 40 heavy (non-hydrogen) atoms. The van der Waals surface area contributed by atoms with Gasteiger partial charge in [0.25, 0.3) is 5.69 Å². The van der Waals surface area contributed by atoms with Crippen molar-refractivity contribution in [2.24, 2.45) is 0 Å². The van der Waals surface area contributed by atoms with Crippen LogP contribution in [0.4, 0.5) is 5.69 Å². The highest BCUT2D eigenvalue weighted by molar-refractivity contribution is 7.89. The molecule has 0 heterocycles. The summed E-state index contributed by atoms with van der Waals surface area (Å²) in [4.78, 5) is 23.4. The zero-order valence-electron chi connectivity index (χ0n) is 22.3. The van der Waals surface area contributed by atoms with Crippen LogP contribution in [0.1, 0.15) is 11.1 Å². The Morgan fingerprint density at radius 1 is 0.975 bits per heavy atom. The molecule has 0 aliphatic rings. The number of hydrogen-bond acceptors (Lipinski definition) is 9. The number of sulfonamides is 1. The highest BCUT2D eigenvalue weighted by atomic mass is 32.2. The van der Waals surface area contributed by atoms with Gasteiger partial charge in [0, 0.05) is 12.1 Å². The van der Waals surface area contributed by atoms with Crippen LogP contribution < -0.4 is 9.47 Å². The van der Waals surface area contributed by atoms with Crippen LogP contribution in [0.3, 0.4) is 0 Å². The highest BCUT2D eigenvalue weighted by Gasteiger charge is 2.41. The molecule has 0 aliphatic carbocycles. The Labute approximate surface area is 232 Å². The number of benzene rings is 3. The minimum atomic E-state index is -4.50. The number of methoxy groups -OCH3 is 3. The van der Waals surface area contributed by atoms with E-state index in [1.807, 2.05) is 6.07 Å². The van der Waals surface area contributed by atoms with E-state index in [1.165, 1.54) is 20.3 Å². The predicted octanol–water partition coefficient (Wildman–Crippen LogP) is 4.12. The van der Waals surface area contributed by atoms with E-state index >= 15 is 0 Å². The van der Waals surface area contributed by atoms with Crippen LogP contribution in [-0.4, -0.2) is 57.2 Å². The Morgan fingerprint density at radius 3 is 2.17 bits per heavy atom. The first-order chi connectivity index (χ1) is 19.2. The molecule has 0 N–H and O–H groups in total. The zero-order chi connectivity index (χ0) is 29.3. The Kier molecular flexibility index (Phi) is 10.4. The van der Waals surface area contributed by atoms with Gasteiger partial charge < -0.3 is 18.9 Å².